The second-order valence-corrected chi connectivity index (χ2v) is 10.8. The van der Waals surface area contributed by atoms with Crippen LogP contribution in [0.2, 0.25) is 5.02 Å². The summed E-state index contributed by atoms with van der Waals surface area (Å²) in [5, 5.41) is 3.75. The number of hydrogen-bond acceptors (Lipinski definition) is 3. The van der Waals surface area contributed by atoms with Crippen molar-refractivity contribution in [2.24, 2.45) is 16.8 Å². The Morgan fingerprint density at radius 3 is 2.52 bits per heavy atom. The molecule has 0 spiro atoms. The fourth-order valence-corrected chi connectivity index (χ4v) is 5.36. The number of rotatable bonds is 11. The fraction of sp³-hybridized carbons (Fsp3) is 0.324. The second kappa shape index (κ2) is 13.6. The van der Waals surface area contributed by atoms with Gasteiger partial charge in [-0.25, -0.2) is 4.39 Å². The lowest BCUT2D eigenvalue weighted by Crippen LogP contribution is -2.36. The van der Waals surface area contributed by atoms with Crippen LogP contribution >= 0.6 is 11.6 Å². The molecule has 0 saturated heterocycles. The van der Waals surface area contributed by atoms with Crippen molar-refractivity contribution in [2.45, 2.75) is 52.5 Å². The molecule has 3 atom stereocenters. The van der Waals surface area contributed by atoms with Crippen molar-refractivity contribution in [1.29, 1.82) is 0 Å². The van der Waals surface area contributed by atoms with Gasteiger partial charge >= 0.3 is 0 Å². The van der Waals surface area contributed by atoms with Crippen LogP contribution in [0.3, 0.4) is 0 Å². The van der Waals surface area contributed by atoms with E-state index in [9.17, 15) is 9.18 Å². The quantitative estimate of drug-likeness (QED) is 0.239. The Morgan fingerprint density at radius 2 is 1.80 bits per heavy atom. The van der Waals surface area contributed by atoms with Gasteiger partial charge in [0.25, 0.3) is 0 Å². The van der Waals surface area contributed by atoms with Crippen LogP contribution < -0.4 is 10.1 Å². The number of hydrogen-bond donors (Lipinski definition) is 1. The molecule has 1 N–H and O–H groups in total. The summed E-state index contributed by atoms with van der Waals surface area (Å²) in [6.45, 7) is 6.24. The number of carbonyl (C=O) groups excluding carboxylic acids is 1. The monoisotopic (exact) mass is 558 g/mol. The first-order valence-electron chi connectivity index (χ1n) is 13.8. The van der Waals surface area contributed by atoms with Gasteiger partial charge in [0.2, 0.25) is 5.91 Å². The van der Waals surface area contributed by atoms with Crippen molar-refractivity contribution in [3.05, 3.63) is 100 Å². The van der Waals surface area contributed by atoms with E-state index in [0.717, 1.165) is 59.2 Å². The van der Waals surface area contributed by atoms with Crippen molar-refractivity contribution < 1.29 is 13.9 Å². The number of methoxy groups -OCH3 is 1. The highest BCUT2D eigenvalue weighted by molar-refractivity contribution is 6.32. The van der Waals surface area contributed by atoms with Gasteiger partial charge in [-0.3, -0.25) is 9.79 Å². The molecule has 0 aromatic heterocycles. The average Bonchev–Trinajstić information content (AvgIpc) is 3.16. The molecule has 0 saturated carbocycles. The Balaban J connectivity index is 1.47. The number of ether oxygens (including phenoxy) is 1. The first-order valence-corrected chi connectivity index (χ1v) is 14.2. The minimum Gasteiger partial charge on any atom is -0.495 e. The number of aliphatic imine (C=N–C) groups is 1. The van der Waals surface area contributed by atoms with Crippen molar-refractivity contribution in [3.8, 4) is 16.9 Å². The largest absolute Gasteiger partial charge is 0.495 e. The van der Waals surface area contributed by atoms with Gasteiger partial charge in [-0.2, -0.15) is 0 Å². The number of halogens is 2. The number of nitrogens with one attached hydrogen (secondary N) is 1. The Labute approximate surface area is 241 Å². The van der Waals surface area contributed by atoms with E-state index in [2.05, 4.69) is 37.0 Å². The zero-order valence-corrected chi connectivity index (χ0v) is 24.3. The molecule has 3 aromatic carbocycles. The molecule has 40 heavy (non-hydrogen) atoms. The number of carbonyl (C=O) groups is 1. The summed E-state index contributed by atoms with van der Waals surface area (Å²) in [6.07, 6.45) is 6.91. The molecule has 1 aliphatic rings. The third kappa shape index (κ3) is 7.10. The van der Waals surface area contributed by atoms with Crippen molar-refractivity contribution in [2.75, 3.05) is 7.11 Å². The van der Waals surface area contributed by atoms with Crippen molar-refractivity contribution in [1.82, 2.24) is 5.32 Å². The number of benzene rings is 3. The van der Waals surface area contributed by atoms with E-state index in [1.807, 2.05) is 31.2 Å². The van der Waals surface area contributed by atoms with Gasteiger partial charge in [-0.05, 0) is 90.8 Å². The standard InChI is InChI=1S/C34H36ClFN2O2/c1-5-7-29(34(39)38-23(3)26-14-17-31(35)33(21-26)40-4)22(2)9-18-32-30-20-27(24-12-15-28(36)16-13-24)11-10-25(30)8-6-19-37-32/h8,10-17,19-23,29H,5,7,9,18H2,1-4H3,(H,38,39)/t22-,23+,29?/m1/s1. The lowest BCUT2D eigenvalue weighted by molar-refractivity contribution is -0.127. The topological polar surface area (TPSA) is 50.7 Å². The van der Waals surface area contributed by atoms with Gasteiger partial charge in [0.15, 0.2) is 0 Å². The van der Waals surface area contributed by atoms with Crippen LogP contribution in [0.25, 0.3) is 17.2 Å². The predicted octanol–water partition coefficient (Wildman–Crippen LogP) is 8.79. The average molecular weight is 559 g/mol. The molecule has 1 heterocycles. The Bertz CT molecular complexity index is 1440. The van der Waals surface area contributed by atoms with E-state index in [1.54, 1.807) is 31.5 Å². The molecule has 0 radical (unpaired) electrons. The van der Waals surface area contributed by atoms with Gasteiger partial charge < -0.3 is 10.1 Å². The molecule has 0 fully saturated rings. The summed E-state index contributed by atoms with van der Waals surface area (Å²) < 4.78 is 18.8. The van der Waals surface area contributed by atoms with Gasteiger partial charge in [-0.1, -0.05) is 62.2 Å². The number of amides is 1. The molecule has 1 unspecified atom stereocenters. The molecule has 4 rings (SSSR count). The Hall–Kier alpha value is -3.66. The van der Waals surface area contributed by atoms with Crippen molar-refractivity contribution >= 4 is 29.3 Å². The maximum Gasteiger partial charge on any atom is 0.223 e. The first-order chi connectivity index (χ1) is 19.3. The lowest BCUT2D eigenvalue weighted by Gasteiger charge is -2.26. The molecule has 6 heteroatoms. The summed E-state index contributed by atoms with van der Waals surface area (Å²) >= 11 is 6.18. The smallest absolute Gasteiger partial charge is 0.223 e. The molecular weight excluding hydrogens is 523 g/mol. The first kappa shape index (κ1) is 29.3. The molecule has 3 aromatic rings. The summed E-state index contributed by atoms with van der Waals surface area (Å²) in [6, 6.07) is 18.1. The highest BCUT2D eigenvalue weighted by atomic mass is 35.5. The van der Waals surface area contributed by atoms with Crippen LogP contribution in [0.1, 0.15) is 69.2 Å². The van der Waals surface area contributed by atoms with Crippen LogP contribution in [0.5, 0.6) is 5.75 Å². The van der Waals surface area contributed by atoms with Crippen LogP contribution in [-0.4, -0.2) is 18.7 Å². The Morgan fingerprint density at radius 1 is 1.05 bits per heavy atom. The van der Waals surface area contributed by atoms with Crippen LogP contribution in [-0.2, 0) is 4.79 Å². The van der Waals surface area contributed by atoms with E-state index >= 15 is 0 Å². The van der Waals surface area contributed by atoms with Crippen LogP contribution in [0.15, 0.2) is 77.6 Å². The van der Waals surface area contributed by atoms with E-state index in [1.165, 1.54) is 12.1 Å². The van der Waals surface area contributed by atoms with E-state index in [4.69, 9.17) is 21.3 Å². The minimum absolute atomic E-state index is 0.0548. The van der Waals surface area contributed by atoms with Crippen LogP contribution in [0, 0.1) is 17.7 Å². The van der Waals surface area contributed by atoms with Gasteiger partial charge in [0.1, 0.15) is 11.6 Å². The molecule has 0 bridgehead atoms. The highest BCUT2D eigenvalue weighted by Gasteiger charge is 2.26. The molecular formula is C34H36ClFN2O2. The molecule has 208 valence electrons. The van der Waals surface area contributed by atoms with E-state index < -0.39 is 0 Å². The lowest BCUT2D eigenvalue weighted by atomic mass is 9.84. The van der Waals surface area contributed by atoms with Gasteiger partial charge in [-0.15, -0.1) is 5.73 Å². The maximum absolute atomic E-state index is 13.5. The Kier molecular flexibility index (Phi) is 9.98. The van der Waals surface area contributed by atoms with Crippen LogP contribution in [0.4, 0.5) is 4.39 Å². The predicted molar refractivity (Wildman–Crippen MR) is 162 cm³/mol. The van der Waals surface area contributed by atoms with Gasteiger partial charge in [0, 0.05) is 17.2 Å². The fourth-order valence-electron chi connectivity index (χ4n) is 5.17. The molecule has 1 amide bonds. The normalized spacial score (nSPS) is 14.5. The SMILES string of the molecule is CCCC(C(=O)N[C@@H](C)c1ccc(Cl)c(OC)c1)[C@H](C)CCC1=NC=C=Cc2ccc(-c3ccc(F)cc3)cc21. The summed E-state index contributed by atoms with van der Waals surface area (Å²) in [4.78, 5) is 18.2. The third-order valence-electron chi connectivity index (χ3n) is 7.57. The highest BCUT2D eigenvalue weighted by Crippen LogP contribution is 2.30. The van der Waals surface area contributed by atoms with E-state index in [0.29, 0.717) is 10.8 Å². The number of fused-ring (bicyclic) bond motifs is 1. The molecule has 4 nitrogen and oxygen atoms in total. The molecule has 1 aliphatic heterocycles. The number of nitrogens with zero attached hydrogens (tertiary/aromatic N) is 1. The second-order valence-electron chi connectivity index (χ2n) is 10.4. The maximum atomic E-state index is 13.5. The zero-order valence-electron chi connectivity index (χ0n) is 23.5. The summed E-state index contributed by atoms with van der Waals surface area (Å²) in [5.41, 5.74) is 9.07. The third-order valence-corrected chi connectivity index (χ3v) is 7.88. The van der Waals surface area contributed by atoms with E-state index in [-0.39, 0.29) is 29.6 Å². The minimum atomic E-state index is -0.255. The molecule has 0 aliphatic carbocycles. The summed E-state index contributed by atoms with van der Waals surface area (Å²) in [7, 11) is 1.58. The van der Waals surface area contributed by atoms with Crippen molar-refractivity contribution in [3.63, 3.8) is 0 Å². The summed E-state index contributed by atoms with van der Waals surface area (Å²) in [5.74, 6) is 0.425. The zero-order chi connectivity index (χ0) is 28.6. The van der Waals surface area contributed by atoms with Gasteiger partial charge in [0.05, 0.1) is 24.4 Å².